The summed E-state index contributed by atoms with van der Waals surface area (Å²) < 4.78 is 0. The predicted octanol–water partition coefficient (Wildman–Crippen LogP) is 4.94. The fourth-order valence-corrected chi connectivity index (χ4v) is 4.35. The highest BCUT2D eigenvalue weighted by Crippen LogP contribution is 2.22. The lowest BCUT2D eigenvalue weighted by molar-refractivity contribution is -0.114. The number of nitrogens with one attached hydrogen (secondary N) is 2. The molecule has 1 heterocycles. The number of hydrogen-bond acceptors (Lipinski definition) is 4. The van der Waals surface area contributed by atoms with Gasteiger partial charge < -0.3 is 10.7 Å². The number of aryl methyl sites for hydroxylation is 3. The van der Waals surface area contributed by atoms with Crippen molar-refractivity contribution in [2.24, 2.45) is 0 Å². The van der Waals surface area contributed by atoms with Crippen LogP contribution in [0.3, 0.4) is 0 Å². The Morgan fingerprint density at radius 3 is 2.58 bits per heavy atom. The van der Waals surface area contributed by atoms with Crippen LogP contribution in [0.15, 0.2) is 36.4 Å². The van der Waals surface area contributed by atoms with E-state index in [1.54, 1.807) is 6.21 Å². The van der Waals surface area contributed by atoms with Crippen molar-refractivity contribution >= 4 is 40.9 Å². The fraction of sp³-hybridized carbons (Fsp3) is 0.368. The van der Waals surface area contributed by atoms with Gasteiger partial charge in [0, 0.05) is 33.8 Å². The molecule has 0 fully saturated rings. The molecule has 0 radical (unpaired) electrons. The van der Waals surface area contributed by atoms with Crippen molar-refractivity contribution in [1.29, 1.82) is 5.41 Å². The summed E-state index contributed by atoms with van der Waals surface area (Å²) in [5.41, 5.74) is 2.09. The molecule has 0 spiro atoms. The third kappa shape index (κ3) is 6.49. The SMILES string of the molecule is CC(=O)Nc1ccc(CCSC(C=N)CCc2ccc(C)s2)cc1. The number of hydrogen-bond donors (Lipinski definition) is 2. The van der Waals surface area contributed by atoms with Crippen LogP contribution in [0.2, 0.25) is 0 Å². The van der Waals surface area contributed by atoms with Crippen LogP contribution in [0.5, 0.6) is 0 Å². The van der Waals surface area contributed by atoms with Crippen LogP contribution in [0.1, 0.15) is 28.7 Å². The van der Waals surface area contributed by atoms with Gasteiger partial charge in [0.05, 0.1) is 0 Å². The van der Waals surface area contributed by atoms with Gasteiger partial charge in [-0.2, -0.15) is 11.8 Å². The third-order valence-corrected chi connectivity index (χ3v) is 5.95. The van der Waals surface area contributed by atoms with E-state index in [9.17, 15) is 4.79 Å². The first kappa shape index (κ1) is 18.7. The smallest absolute Gasteiger partial charge is 0.221 e. The van der Waals surface area contributed by atoms with E-state index in [2.05, 4.69) is 36.5 Å². The number of carbonyl (C=O) groups excluding carboxylic acids is 1. The van der Waals surface area contributed by atoms with Gasteiger partial charge in [-0.05, 0) is 61.8 Å². The van der Waals surface area contributed by atoms with Crippen molar-refractivity contribution in [1.82, 2.24) is 0 Å². The van der Waals surface area contributed by atoms with Crippen LogP contribution in [0.25, 0.3) is 0 Å². The molecule has 0 aliphatic heterocycles. The molecule has 0 aliphatic carbocycles. The highest BCUT2D eigenvalue weighted by atomic mass is 32.2. The van der Waals surface area contributed by atoms with E-state index in [1.807, 2.05) is 35.2 Å². The average molecular weight is 361 g/mol. The lowest BCUT2D eigenvalue weighted by Crippen LogP contribution is -2.07. The van der Waals surface area contributed by atoms with Gasteiger partial charge in [0.1, 0.15) is 0 Å². The van der Waals surface area contributed by atoms with Crippen LogP contribution in [-0.4, -0.2) is 23.1 Å². The third-order valence-electron chi connectivity index (χ3n) is 3.65. The maximum Gasteiger partial charge on any atom is 0.221 e. The van der Waals surface area contributed by atoms with E-state index in [1.165, 1.54) is 22.2 Å². The molecular weight excluding hydrogens is 336 g/mol. The van der Waals surface area contributed by atoms with E-state index >= 15 is 0 Å². The lowest BCUT2D eigenvalue weighted by atomic mass is 10.1. The zero-order valence-electron chi connectivity index (χ0n) is 14.2. The highest BCUT2D eigenvalue weighted by Gasteiger charge is 2.08. The summed E-state index contributed by atoms with van der Waals surface area (Å²) in [4.78, 5) is 13.8. The van der Waals surface area contributed by atoms with Crippen LogP contribution in [0, 0.1) is 12.3 Å². The van der Waals surface area contributed by atoms with E-state index in [0.717, 1.165) is 30.7 Å². The molecule has 3 nitrogen and oxygen atoms in total. The minimum absolute atomic E-state index is 0.0481. The first-order chi connectivity index (χ1) is 11.6. The molecule has 0 aliphatic rings. The molecule has 2 rings (SSSR count). The zero-order valence-corrected chi connectivity index (χ0v) is 15.8. The molecule has 0 saturated heterocycles. The Bertz CT molecular complexity index is 664. The van der Waals surface area contributed by atoms with Gasteiger partial charge in [0.15, 0.2) is 0 Å². The van der Waals surface area contributed by atoms with Crippen molar-refractivity contribution in [3.63, 3.8) is 0 Å². The molecule has 0 saturated carbocycles. The topological polar surface area (TPSA) is 53.0 Å². The molecule has 2 N–H and O–H groups in total. The number of thioether (sulfide) groups is 1. The van der Waals surface area contributed by atoms with Gasteiger partial charge >= 0.3 is 0 Å². The van der Waals surface area contributed by atoms with Gasteiger partial charge in [0.25, 0.3) is 0 Å². The van der Waals surface area contributed by atoms with Gasteiger partial charge in [-0.25, -0.2) is 0 Å². The largest absolute Gasteiger partial charge is 0.326 e. The number of amides is 1. The summed E-state index contributed by atoms with van der Waals surface area (Å²) in [7, 11) is 0. The normalized spacial score (nSPS) is 11.9. The minimum Gasteiger partial charge on any atom is -0.326 e. The predicted molar refractivity (Wildman–Crippen MR) is 107 cm³/mol. The van der Waals surface area contributed by atoms with E-state index in [4.69, 9.17) is 5.41 Å². The molecule has 24 heavy (non-hydrogen) atoms. The Hall–Kier alpha value is -1.59. The van der Waals surface area contributed by atoms with Gasteiger partial charge in [-0.1, -0.05) is 12.1 Å². The Kier molecular flexibility index (Phi) is 7.53. The van der Waals surface area contributed by atoms with E-state index < -0.39 is 0 Å². The summed E-state index contributed by atoms with van der Waals surface area (Å²) >= 11 is 3.70. The van der Waals surface area contributed by atoms with Crippen molar-refractivity contribution in [2.45, 2.75) is 38.4 Å². The second-order valence-electron chi connectivity index (χ2n) is 5.76. The first-order valence-electron chi connectivity index (χ1n) is 8.11. The molecule has 0 bridgehead atoms. The monoisotopic (exact) mass is 360 g/mol. The van der Waals surface area contributed by atoms with Crippen LogP contribution >= 0.6 is 23.1 Å². The second kappa shape index (κ2) is 9.64. The van der Waals surface area contributed by atoms with Crippen LogP contribution < -0.4 is 5.32 Å². The molecule has 1 atom stereocenters. The molecule has 1 amide bonds. The molecule has 2 aromatic rings. The lowest BCUT2D eigenvalue weighted by Gasteiger charge is -2.11. The van der Waals surface area contributed by atoms with Crippen LogP contribution in [0.4, 0.5) is 5.69 Å². The van der Waals surface area contributed by atoms with Gasteiger partial charge in [0.2, 0.25) is 5.91 Å². The molecule has 128 valence electrons. The minimum atomic E-state index is -0.0481. The summed E-state index contributed by atoms with van der Waals surface area (Å²) in [5.74, 6) is 0.955. The second-order valence-corrected chi connectivity index (χ2v) is 8.47. The highest BCUT2D eigenvalue weighted by molar-refractivity contribution is 8.00. The maximum atomic E-state index is 11.0. The number of rotatable bonds is 9. The van der Waals surface area contributed by atoms with Crippen molar-refractivity contribution in [3.05, 3.63) is 51.7 Å². The first-order valence-corrected chi connectivity index (χ1v) is 9.97. The summed E-state index contributed by atoms with van der Waals surface area (Å²) in [6, 6.07) is 12.3. The Labute approximate surface area is 152 Å². The van der Waals surface area contributed by atoms with E-state index in [0.29, 0.717) is 0 Å². The number of thiophene rings is 1. The van der Waals surface area contributed by atoms with Crippen molar-refractivity contribution in [2.75, 3.05) is 11.1 Å². The number of carbonyl (C=O) groups is 1. The zero-order chi connectivity index (χ0) is 17.4. The molecule has 5 heteroatoms. The van der Waals surface area contributed by atoms with Crippen molar-refractivity contribution < 1.29 is 4.79 Å². The van der Waals surface area contributed by atoms with E-state index in [-0.39, 0.29) is 11.2 Å². The van der Waals surface area contributed by atoms with Gasteiger partial charge in [-0.3, -0.25) is 4.79 Å². The summed E-state index contributed by atoms with van der Waals surface area (Å²) in [6.07, 6.45) is 4.63. The Balaban J connectivity index is 1.72. The molecule has 1 unspecified atom stereocenters. The van der Waals surface area contributed by atoms with Crippen molar-refractivity contribution in [3.8, 4) is 0 Å². The molecular formula is C19H24N2OS2. The van der Waals surface area contributed by atoms with Gasteiger partial charge in [-0.15, -0.1) is 11.3 Å². The maximum absolute atomic E-state index is 11.0. The number of benzene rings is 1. The molecule has 1 aromatic heterocycles. The average Bonchev–Trinajstić information content (AvgIpc) is 2.97. The summed E-state index contributed by atoms with van der Waals surface area (Å²) in [6.45, 7) is 3.65. The summed E-state index contributed by atoms with van der Waals surface area (Å²) in [5, 5.41) is 10.7. The standard InChI is InChI=1S/C19H24N2OS2/c1-14-3-8-18(24-14)9-10-19(13-20)23-12-11-16-4-6-17(7-5-16)21-15(2)22/h3-8,13,19-20H,9-12H2,1-2H3,(H,21,22). The molecule has 1 aromatic carbocycles. The quantitative estimate of drug-likeness (QED) is 0.622. The Morgan fingerprint density at radius 1 is 1.25 bits per heavy atom. The number of anilines is 1. The Morgan fingerprint density at radius 2 is 2.00 bits per heavy atom. The van der Waals surface area contributed by atoms with Crippen LogP contribution in [-0.2, 0) is 17.6 Å². The fourth-order valence-electron chi connectivity index (χ4n) is 2.40.